The third-order valence-electron chi connectivity index (χ3n) is 4.19. The lowest BCUT2D eigenvalue weighted by Gasteiger charge is -2.13. The molecule has 0 atom stereocenters. The Morgan fingerprint density at radius 3 is 1.80 bits per heavy atom. The number of benzene rings is 3. The van der Waals surface area contributed by atoms with Crippen LogP contribution in [0.25, 0.3) is 11.1 Å². The molecule has 0 aliphatic carbocycles. The number of anilines is 1. The predicted octanol–water partition coefficient (Wildman–Crippen LogP) is 5.90. The third kappa shape index (κ3) is 2.95. The van der Waals surface area contributed by atoms with E-state index in [4.69, 9.17) is 23.2 Å². The van der Waals surface area contributed by atoms with Crippen LogP contribution < -0.4 is 5.32 Å². The number of rotatable bonds is 2. The van der Waals surface area contributed by atoms with E-state index in [9.17, 15) is 4.79 Å². The van der Waals surface area contributed by atoms with Crippen molar-refractivity contribution in [2.75, 3.05) is 5.32 Å². The van der Waals surface area contributed by atoms with Gasteiger partial charge in [-0.1, -0.05) is 65.7 Å². The SMILES string of the molecule is O=C1Nc2ccccc2C1=C(c1ccc(Cl)cc1)c1ccc(Cl)cc1. The molecule has 1 aliphatic heterocycles. The second-order valence-electron chi connectivity index (χ2n) is 5.76. The molecule has 0 saturated heterocycles. The van der Waals surface area contributed by atoms with Crippen molar-refractivity contribution in [2.45, 2.75) is 0 Å². The molecule has 0 unspecified atom stereocenters. The summed E-state index contributed by atoms with van der Waals surface area (Å²) < 4.78 is 0. The maximum absolute atomic E-state index is 12.7. The van der Waals surface area contributed by atoms with Crippen molar-refractivity contribution >= 4 is 45.9 Å². The monoisotopic (exact) mass is 365 g/mol. The summed E-state index contributed by atoms with van der Waals surface area (Å²) in [7, 11) is 0. The molecule has 0 bridgehead atoms. The fraction of sp³-hybridized carbons (Fsp3) is 0. The molecule has 2 nitrogen and oxygen atoms in total. The highest BCUT2D eigenvalue weighted by molar-refractivity contribution is 6.38. The van der Waals surface area contributed by atoms with E-state index in [0.29, 0.717) is 15.6 Å². The van der Waals surface area contributed by atoms with Crippen molar-refractivity contribution < 1.29 is 4.79 Å². The maximum Gasteiger partial charge on any atom is 0.257 e. The van der Waals surface area contributed by atoms with Crippen molar-refractivity contribution in [1.82, 2.24) is 0 Å². The molecule has 1 aliphatic rings. The van der Waals surface area contributed by atoms with Crippen LogP contribution in [-0.2, 0) is 4.79 Å². The lowest BCUT2D eigenvalue weighted by atomic mass is 9.90. The molecule has 0 spiro atoms. The van der Waals surface area contributed by atoms with Gasteiger partial charge >= 0.3 is 0 Å². The van der Waals surface area contributed by atoms with E-state index in [1.165, 1.54) is 0 Å². The number of nitrogens with one attached hydrogen (secondary N) is 1. The summed E-state index contributed by atoms with van der Waals surface area (Å²) in [5.74, 6) is -0.110. The number of hydrogen-bond donors (Lipinski definition) is 1. The fourth-order valence-electron chi connectivity index (χ4n) is 3.05. The van der Waals surface area contributed by atoms with E-state index in [1.807, 2.05) is 72.8 Å². The van der Waals surface area contributed by atoms with Crippen LogP contribution >= 0.6 is 23.2 Å². The molecule has 4 rings (SSSR count). The van der Waals surface area contributed by atoms with Gasteiger partial charge in [-0.3, -0.25) is 4.79 Å². The first-order valence-corrected chi connectivity index (χ1v) is 8.56. The highest BCUT2D eigenvalue weighted by atomic mass is 35.5. The van der Waals surface area contributed by atoms with Crippen LogP contribution in [0.4, 0.5) is 5.69 Å². The Morgan fingerprint density at radius 2 is 1.24 bits per heavy atom. The van der Waals surface area contributed by atoms with E-state index in [0.717, 1.165) is 28.0 Å². The standard InChI is InChI=1S/C21H13Cl2NO/c22-15-9-5-13(6-10-15)19(14-7-11-16(23)12-8-14)20-17-3-1-2-4-18(17)24-21(20)25/h1-12H,(H,24,25). The van der Waals surface area contributed by atoms with Crippen molar-refractivity contribution in [2.24, 2.45) is 0 Å². The van der Waals surface area contributed by atoms with E-state index in [-0.39, 0.29) is 5.91 Å². The Balaban J connectivity index is 2.02. The van der Waals surface area contributed by atoms with E-state index in [2.05, 4.69) is 5.32 Å². The van der Waals surface area contributed by atoms with Gasteiger partial charge in [0.15, 0.2) is 0 Å². The minimum Gasteiger partial charge on any atom is -0.321 e. The van der Waals surface area contributed by atoms with Gasteiger partial charge < -0.3 is 5.32 Å². The number of carbonyl (C=O) groups is 1. The Labute approximate surface area is 155 Å². The molecule has 0 aromatic heterocycles. The number of carbonyl (C=O) groups excluding carboxylic acids is 1. The molecule has 1 heterocycles. The van der Waals surface area contributed by atoms with Crippen LogP contribution in [0.2, 0.25) is 10.0 Å². The van der Waals surface area contributed by atoms with Gasteiger partial charge in [0.2, 0.25) is 0 Å². The van der Waals surface area contributed by atoms with Gasteiger partial charge in [-0.2, -0.15) is 0 Å². The van der Waals surface area contributed by atoms with Crippen LogP contribution in [0.15, 0.2) is 72.8 Å². The third-order valence-corrected chi connectivity index (χ3v) is 4.69. The highest BCUT2D eigenvalue weighted by Crippen LogP contribution is 2.40. The highest BCUT2D eigenvalue weighted by Gasteiger charge is 2.28. The van der Waals surface area contributed by atoms with Crippen molar-refractivity contribution in [1.29, 1.82) is 0 Å². The van der Waals surface area contributed by atoms with Crippen LogP contribution in [-0.4, -0.2) is 5.91 Å². The first kappa shape index (κ1) is 15.9. The molecule has 4 heteroatoms. The number of fused-ring (bicyclic) bond motifs is 1. The Bertz CT molecular complexity index is 942. The molecule has 3 aromatic carbocycles. The summed E-state index contributed by atoms with van der Waals surface area (Å²) >= 11 is 12.1. The summed E-state index contributed by atoms with van der Waals surface area (Å²) in [6.07, 6.45) is 0. The van der Waals surface area contributed by atoms with Gasteiger partial charge in [0.05, 0.1) is 5.57 Å². The summed E-state index contributed by atoms with van der Waals surface area (Å²) in [6, 6.07) is 22.7. The average Bonchev–Trinajstić information content (AvgIpc) is 2.95. The molecule has 1 amide bonds. The second kappa shape index (κ2) is 6.40. The van der Waals surface area contributed by atoms with Gasteiger partial charge in [-0.15, -0.1) is 0 Å². The molecule has 122 valence electrons. The number of amides is 1. The molecule has 1 N–H and O–H groups in total. The van der Waals surface area contributed by atoms with Crippen LogP contribution in [0.3, 0.4) is 0 Å². The zero-order valence-corrected chi connectivity index (χ0v) is 14.6. The van der Waals surface area contributed by atoms with Gasteiger partial charge in [-0.05, 0) is 41.5 Å². The molecule has 0 fully saturated rings. The number of halogens is 2. The first-order chi connectivity index (χ1) is 12.1. The molecule has 3 aromatic rings. The van der Waals surface area contributed by atoms with Crippen molar-refractivity contribution in [3.8, 4) is 0 Å². The van der Waals surface area contributed by atoms with Gasteiger partial charge in [0, 0.05) is 26.9 Å². The molecular formula is C21H13Cl2NO. The van der Waals surface area contributed by atoms with Gasteiger partial charge in [0.1, 0.15) is 0 Å². The van der Waals surface area contributed by atoms with Gasteiger partial charge in [-0.25, -0.2) is 0 Å². The second-order valence-corrected chi connectivity index (χ2v) is 6.64. The molecule has 25 heavy (non-hydrogen) atoms. The van der Waals surface area contributed by atoms with E-state index in [1.54, 1.807) is 0 Å². The number of para-hydroxylation sites is 1. The zero-order chi connectivity index (χ0) is 17.4. The maximum atomic E-state index is 12.7. The number of hydrogen-bond acceptors (Lipinski definition) is 1. The Hall–Kier alpha value is -2.55. The molecule has 0 radical (unpaired) electrons. The summed E-state index contributed by atoms with van der Waals surface area (Å²) in [5.41, 5.74) is 5.08. The normalized spacial score (nSPS) is 12.7. The summed E-state index contributed by atoms with van der Waals surface area (Å²) in [4.78, 5) is 12.7. The Morgan fingerprint density at radius 1 is 0.720 bits per heavy atom. The smallest absolute Gasteiger partial charge is 0.257 e. The molecular weight excluding hydrogens is 353 g/mol. The zero-order valence-electron chi connectivity index (χ0n) is 13.1. The predicted molar refractivity (Wildman–Crippen MR) is 104 cm³/mol. The summed E-state index contributed by atoms with van der Waals surface area (Å²) in [6.45, 7) is 0. The quantitative estimate of drug-likeness (QED) is 0.562. The van der Waals surface area contributed by atoms with Crippen LogP contribution in [0.1, 0.15) is 16.7 Å². The van der Waals surface area contributed by atoms with Crippen LogP contribution in [0.5, 0.6) is 0 Å². The summed E-state index contributed by atoms with van der Waals surface area (Å²) in [5, 5.41) is 4.25. The van der Waals surface area contributed by atoms with E-state index >= 15 is 0 Å². The van der Waals surface area contributed by atoms with E-state index < -0.39 is 0 Å². The Kier molecular flexibility index (Phi) is 4.08. The fourth-order valence-corrected chi connectivity index (χ4v) is 3.31. The van der Waals surface area contributed by atoms with Crippen molar-refractivity contribution in [3.05, 3.63) is 99.5 Å². The largest absolute Gasteiger partial charge is 0.321 e. The van der Waals surface area contributed by atoms with Crippen molar-refractivity contribution in [3.63, 3.8) is 0 Å². The lowest BCUT2D eigenvalue weighted by molar-refractivity contribution is -0.110. The van der Waals surface area contributed by atoms with Crippen LogP contribution in [0, 0.1) is 0 Å². The topological polar surface area (TPSA) is 29.1 Å². The minimum absolute atomic E-state index is 0.110. The van der Waals surface area contributed by atoms with Gasteiger partial charge in [0.25, 0.3) is 5.91 Å². The molecule has 0 saturated carbocycles. The average molecular weight is 366 g/mol. The first-order valence-electron chi connectivity index (χ1n) is 7.80. The minimum atomic E-state index is -0.110. The lowest BCUT2D eigenvalue weighted by Crippen LogP contribution is -2.06.